The molecule has 1 aromatic heterocycles. The molecular weight excluding hydrogens is 348 g/mol. The van der Waals surface area contributed by atoms with Crippen molar-refractivity contribution in [3.05, 3.63) is 53.2 Å². The second kappa shape index (κ2) is 8.03. The first-order chi connectivity index (χ1) is 13.9. The van der Waals surface area contributed by atoms with Crippen molar-refractivity contribution in [3.63, 3.8) is 0 Å². The number of anilines is 1. The standard InChI is InChI=1S/C23H28N4O/c1-2-20(16-21(3-1)27-8-6-24-7-9-27)23-22-15-18(14-19(22)4-5-25-23)17-26-10-12-28-13-11-26/h1-5,15-16,24H,6-14,17H2. The molecule has 1 aliphatic carbocycles. The van der Waals surface area contributed by atoms with Gasteiger partial charge in [0.05, 0.1) is 18.9 Å². The van der Waals surface area contributed by atoms with E-state index < -0.39 is 0 Å². The minimum absolute atomic E-state index is 0.853. The number of aromatic nitrogens is 1. The smallest absolute Gasteiger partial charge is 0.0777 e. The average molecular weight is 377 g/mol. The number of pyridine rings is 1. The minimum atomic E-state index is 0.853. The van der Waals surface area contributed by atoms with E-state index in [4.69, 9.17) is 9.72 Å². The lowest BCUT2D eigenvalue weighted by molar-refractivity contribution is 0.0422. The number of morpholine rings is 1. The van der Waals surface area contributed by atoms with Gasteiger partial charge in [0.2, 0.25) is 0 Å². The normalized spacial score (nSPS) is 20.1. The first-order valence-corrected chi connectivity index (χ1v) is 10.4. The van der Waals surface area contributed by atoms with Gasteiger partial charge in [-0.1, -0.05) is 23.8 Å². The number of piperazine rings is 1. The lowest BCUT2D eigenvalue weighted by Crippen LogP contribution is -2.43. The number of nitrogens with one attached hydrogen (secondary N) is 1. The Hall–Kier alpha value is -2.21. The van der Waals surface area contributed by atoms with Crippen molar-refractivity contribution in [2.24, 2.45) is 0 Å². The maximum absolute atomic E-state index is 5.49. The molecule has 0 unspecified atom stereocenters. The third kappa shape index (κ3) is 3.70. The van der Waals surface area contributed by atoms with Gasteiger partial charge in [0.1, 0.15) is 0 Å². The summed E-state index contributed by atoms with van der Waals surface area (Å²) in [6.45, 7) is 9.04. The molecule has 5 nitrogen and oxygen atoms in total. The zero-order valence-electron chi connectivity index (χ0n) is 16.4. The van der Waals surface area contributed by atoms with E-state index in [1.54, 1.807) is 0 Å². The fraction of sp³-hybridized carbons (Fsp3) is 0.435. The molecule has 0 saturated carbocycles. The van der Waals surface area contributed by atoms with Gasteiger partial charge in [0, 0.05) is 68.8 Å². The first-order valence-electron chi connectivity index (χ1n) is 10.4. The molecule has 146 valence electrons. The van der Waals surface area contributed by atoms with Crippen LogP contribution in [0.15, 0.2) is 42.1 Å². The van der Waals surface area contributed by atoms with Crippen molar-refractivity contribution in [3.8, 4) is 11.3 Å². The van der Waals surface area contributed by atoms with Crippen LogP contribution in [0.1, 0.15) is 11.1 Å². The van der Waals surface area contributed by atoms with Gasteiger partial charge in [-0.3, -0.25) is 9.88 Å². The molecule has 2 saturated heterocycles. The summed E-state index contributed by atoms with van der Waals surface area (Å²) < 4.78 is 5.49. The fourth-order valence-electron chi connectivity index (χ4n) is 4.48. The molecule has 1 N–H and O–H groups in total. The van der Waals surface area contributed by atoms with Crippen LogP contribution in [0.5, 0.6) is 0 Å². The molecule has 2 fully saturated rings. The van der Waals surface area contributed by atoms with Gasteiger partial charge in [-0.05, 0) is 30.2 Å². The van der Waals surface area contributed by atoms with E-state index in [1.165, 1.54) is 28.0 Å². The lowest BCUT2D eigenvalue weighted by atomic mass is 10.0. The Morgan fingerprint density at radius 1 is 1.04 bits per heavy atom. The van der Waals surface area contributed by atoms with Gasteiger partial charge in [-0.2, -0.15) is 0 Å². The van der Waals surface area contributed by atoms with E-state index in [1.807, 2.05) is 6.20 Å². The highest BCUT2D eigenvalue weighted by atomic mass is 16.5. The third-order valence-corrected chi connectivity index (χ3v) is 5.98. The van der Waals surface area contributed by atoms with Gasteiger partial charge in [0.15, 0.2) is 0 Å². The summed E-state index contributed by atoms with van der Waals surface area (Å²) in [6.07, 6.45) is 5.39. The zero-order chi connectivity index (χ0) is 18.8. The Morgan fingerprint density at radius 3 is 2.75 bits per heavy atom. The Labute approximate surface area is 167 Å². The van der Waals surface area contributed by atoms with Crippen LogP contribution in [0, 0.1) is 0 Å². The van der Waals surface area contributed by atoms with Crippen molar-refractivity contribution in [2.45, 2.75) is 6.42 Å². The Kier molecular flexibility index (Phi) is 5.12. The second-order valence-electron chi connectivity index (χ2n) is 7.89. The maximum atomic E-state index is 5.49. The molecule has 2 aliphatic heterocycles. The molecule has 3 heterocycles. The molecule has 1 aromatic carbocycles. The summed E-state index contributed by atoms with van der Waals surface area (Å²) in [5, 5.41) is 3.43. The van der Waals surface area contributed by atoms with Crippen LogP contribution >= 0.6 is 0 Å². The molecule has 0 atom stereocenters. The number of rotatable bonds is 4. The van der Waals surface area contributed by atoms with Gasteiger partial charge in [-0.15, -0.1) is 0 Å². The van der Waals surface area contributed by atoms with Gasteiger partial charge >= 0.3 is 0 Å². The number of hydrogen-bond acceptors (Lipinski definition) is 5. The summed E-state index contributed by atoms with van der Waals surface area (Å²) in [4.78, 5) is 9.74. The van der Waals surface area contributed by atoms with E-state index in [9.17, 15) is 0 Å². The number of fused-ring (bicyclic) bond motifs is 1. The quantitative estimate of drug-likeness (QED) is 0.888. The summed E-state index contributed by atoms with van der Waals surface area (Å²) in [5.74, 6) is 0. The lowest BCUT2D eigenvalue weighted by Gasteiger charge is -2.29. The van der Waals surface area contributed by atoms with Crippen LogP contribution < -0.4 is 10.2 Å². The van der Waals surface area contributed by atoms with E-state index in [-0.39, 0.29) is 0 Å². The highest BCUT2D eigenvalue weighted by Gasteiger charge is 2.21. The number of ether oxygens (including phenoxy) is 1. The van der Waals surface area contributed by atoms with E-state index >= 15 is 0 Å². The Morgan fingerprint density at radius 2 is 1.89 bits per heavy atom. The number of nitrogens with zero attached hydrogens (tertiary/aromatic N) is 3. The SMILES string of the molecule is C1=C(CN2CCOCC2)Cc2ccnc(-c3cccc(N4CCNCC4)c3)c21. The third-order valence-electron chi connectivity index (χ3n) is 5.98. The zero-order valence-corrected chi connectivity index (χ0v) is 16.4. The minimum Gasteiger partial charge on any atom is -0.379 e. The van der Waals surface area contributed by atoms with Crippen LogP contribution in [0.25, 0.3) is 17.3 Å². The van der Waals surface area contributed by atoms with Gasteiger partial charge in [-0.25, -0.2) is 0 Å². The summed E-state index contributed by atoms with van der Waals surface area (Å²) in [7, 11) is 0. The van der Waals surface area contributed by atoms with Crippen LogP contribution in [0.4, 0.5) is 5.69 Å². The average Bonchev–Trinajstić information content (AvgIpc) is 3.17. The molecule has 5 rings (SSSR count). The van der Waals surface area contributed by atoms with E-state index in [2.05, 4.69) is 51.5 Å². The number of benzene rings is 1. The van der Waals surface area contributed by atoms with Crippen molar-refractivity contribution in [1.82, 2.24) is 15.2 Å². The fourth-order valence-corrected chi connectivity index (χ4v) is 4.48. The molecule has 0 bridgehead atoms. The molecule has 0 amide bonds. The van der Waals surface area contributed by atoms with Crippen LogP contribution in [-0.4, -0.2) is 68.9 Å². The summed E-state index contributed by atoms with van der Waals surface area (Å²) in [6, 6.07) is 11.1. The Bertz CT molecular complexity index is 867. The molecule has 0 spiro atoms. The van der Waals surface area contributed by atoms with Crippen molar-refractivity contribution in [2.75, 3.05) is 63.9 Å². The first kappa shape index (κ1) is 17.9. The van der Waals surface area contributed by atoms with Crippen LogP contribution in [0.3, 0.4) is 0 Å². The van der Waals surface area contributed by atoms with Crippen molar-refractivity contribution in [1.29, 1.82) is 0 Å². The maximum Gasteiger partial charge on any atom is 0.0777 e. The second-order valence-corrected chi connectivity index (χ2v) is 7.89. The van der Waals surface area contributed by atoms with Crippen LogP contribution in [-0.2, 0) is 11.2 Å². The van der Waals surface area contributed by atoms with Crippen molar-refractivity contribution < 1.29 is 4.74 Å². The monoisotopic (exact) mass is 376 g/mol. The van der Waals surface area contributed by atoms with Crippen LogP contribution in [0.2, 0.25) is 0 Å². The molecule has 2 aromatic rings. The molecule has 3 aliphatic rings. The highest BCUT2D eigenvalue weighted by molar-refractivity contribution is 5.79. The predicted molar refractivity (Wildman–Crippen MR) is 114 cm³/mol. The van der Waals surface area contributed by atoms with Gasteiger partial charge in [0.25, 0.3) is 0 Å². The molecule has 28 heavy (non-hydrogen) atoms. The molecule has 0 radical (unpaired) electrons. The Balaban J connectivity index is 1.41. The van der Waals surface area contributed by atoms with E-state index in [0.29, 0.717) is 0 Å². The van der Waals surface area contributed by atoms with Gasteiger partial charge < -0.3 is 15.0 Å². The van der Waals surface area contributed by atoms with Crippen molar-refractivity contribution >= 4 is 11.8 Å². The van der Waals surface area contributed by atoms with E-state index in [0.717, 1.165) is 71.1 Å². The molecular formula is C23H28N4O. The summed E-state index contributed by atoms with van der Waals surface area (Å²) in [5.41, 5.74) is 7.84. The summed E-state index contributed by atoms with van der Waals surface area (Å²) >= 11 is 0. The number of hydrogen-bond donors (Lipinski definition) is 1. The predicted octanol–water partition coefficient (Wildman–Crippen LogP) is 2.43. The molecule has 5 heteroatoms. The highest BCUT2D eigenvalue weighted by Crippen LogP contribution is 2.34. The topological polar surface area (TPSA) is 40.6 Å². The largest absolute Gasteiger partial charge is 0.379 e.